The molecule has 0 radical (unpaired) electrons. The number of hydrogen-bond acceptors (Lipinski definition) is 5. The van der Waals surface area contributed by atoms with Gasteiger partial charge in [-0.05, 0) is 50.2 Å². The second-order valence-corrected chi connectivity index (χ2v) is 6.49. The summed E-state index contributed by atoms with van der Waals surface area (Å²) in [5.74, 6) is 0.0198. The van der Waals surface area contributed by atoms with Crippen LogP contribution in [0.15, 0.2) is 70.7 Å². The van der Waals surface area contributed by atoms with Crippen LogP contribution in [0.25, 0.3) is 17.4 Å². The molecule has 0 aliphatic heterocycles. The van der Waals surface area contributed by atoms with Gasteiger partial charge in [-0.1, -0.05) is 29.8 Å². The van der Waals surface area contributed by atoms with Gasteiger partial charge in [0.2, 0.25) is 0 Å². The number of benzene rings is 2. The van der Waals surface area contributed by atoms with Crippen molar-refractivity contribution in [2.75, 3.05) is 11.9 Å². The first-order valence-electron chi connectivity index (χ1n) is 9.37. The summed E-state index contributed by atoms with van der Waals surface area (Å²) in [4.78, 5) is 24.1. The van der Waals surface area contributed by atoms with Crippen molar-refractivity contribution in [1.29, 1.82) is 5.26 Å². The SMILES string of the molecule is CCOC(=O)c1ccc(-c2ccc(C=C(C#N)C(=O)Nc3ccc(C)cc3)o2)cc1. The minimum absolute atomic E-state index is 0.0749. The largest absolute Gasteiger partial charge is 0.462 e. The maximum absolute atomic E-state index is 12.4. The van der Waals surface area contributed by atoms with E-state index in [9.17, 15) is 14.9 Å². The standard InChI is InChI=1S/C24H20N2O4/c1-3-29-24(28)18-8-6-17(7-9-18)22-13-12-21(30-22)14-19(15-25)23(27)26-20-10-4-16(2)5-11-20/h4-14H,3H2,1-2H3,(H,26,27). The lowest BCUT2D eigenvalue weighted by Crippen LogP contribution is -2.13. The molecule has 1 aromatic heterocycles. The van der Waals surface area contributed by atoms with Gasteiger partial charge in [0, 0.05) is 17.3 Å². The fraction of sp³-hybridized carbons (Fsp3) is 0.125. The van der Waals surface area contributed by atoms with E-state index in [1.165, 1.54) is 6.08 Å². The number of hydrogen-bond donors (Lipinski definition) is 1. The Bertz CT molecular complexity index is 1120. The van der Waals surface area contributed by atoms with Crippen molar-refractivity contribution in [3.63, 3.8) is 0 Å². The molecule has 1 N–H and O–H groups in total. The quantitative estimate of drug-likeness (QED) is 0.358. The average Bonchev–Trinajstić information content (AvgIpc) is 3.22. The summed E-state index contributed by atoms with van der Waals surface area (Å²) in [5.41, 5.74) is 2.81. The molecule has 0 bridgehead atoms. The molecule has 6 heteroatoms. The number of nitrogens with one attached hydrogen (secondary N) is 1. The fourth-order valence-electron chi connectivity index (χ4n) is 2.70. The molecule has 0 unspecified atom stereocenters. The lowest BCUT2D eigenvalue weighted by Gasteiger charge is -2.04. The third-order valence-corrected chi connectivity index (χ3v) is 4.27. The number of nitrogens with zero attached hydrogens (tertiary/aromatic N) is 1. The Kier molecular flexibility index (Phi) is 6.46. The van der Waals surface area contributed by atoms with Gasteiger partial charge in [-0.3, -0.25) is 4.79 Å². The van der Waals surface area contributed by atoms with Crippen molar-refractivity contribution in [1.82, 2.24) is 0 Å². The molecule has 0 atom stereocenters. The molecule has 3 aromatic rings. The summed E-state index contributed by atoms with van der Waals surface area (Å²) in [7, 11) is 0. The van der Waals surface area contributed by atoms with E-state index < -0.39 is 5.91 Å². The van der Waals surface area contributed by atoms with E-state index >= 15 is 0 Å². The van der Waals surface area contributed by atoms with E-state index in [0.717, 1.165) is 11.1 Å². The highest BCUT2D eigenvalue weighted by Gasteiger charge is 2.12. The minimum atomic E-state index is -0.516. The zero-order chi connectivity index (χ0) is 21.5. The molecular formula is C24H20N2O4. The van der Waals surface area contributed by atoms with Crippen molar-refractivity contribution >= 4 is 23.6 Å². The molecule has 1 amide bonds. The topological polar surface area (TPSA) is 92.3 Å². The number of ether oxygens (including phenoxy) is 1. The smallest absolute Gasteiger partial charge is 0.338 e. The van der Waals surface area contributed by atoms with Crippen molar-refractivity contribution in [3.8, 4) is 17.4 Å². The molecule has 1 heterocycles. The fourth-order valence-corrected chi connectivity index (χ4v) is 2.70. The lowest BCUT2D eigenvalue weighted by atomic mass is 10.1. The number of rotatable bonds is 6. The summed E-state index contributed by atoms with van der Waals surface area (Å²) in [6.07, 6.45) is 1.39. The van der Waals surface area contributed by atoms with Gasteiger partial charge in [0.05, 0.1) is 12.2 Å². The summed E-state index contributed by atoms with van der Waals surface area (Å²) in [6.45, 7) is 4.01. The predicted molar refractivity (Wildman–Crippen MR) is 113 cm³/mol. The van der Waals surface area contributed by atoms with Gasteiger partial charge in [0.15, 0.2) is 0 Å². The van der Waals surface area contributed by atoms with Crippen LogP contribution < -0.4 is 5.32 Å². The Balaban J connectivity index is 1.74. The second kappa shape index (κ2) is 9.39. The highest BCUT2D eigenvalue weighted by Crippen LogP contribution is 2.24. The summed E-state index contributed by atoms with van der Waals surface area (Å²) >= 11 is 0. The summed E-state index contributed by atoms with van der Waals surface area (Å²) < 4.78 is 10.7. The average molecular weight is 400 g/mol. The van der Waals surface area contributed by atoms with Crippen molar-refractivity contribution in [3.05, 3.63) is 83.1 Å². The maximum Gasteiger partial charge on any atom is 0.338 e. The van der Waals surface area contributed by atoms with Gasteiger partial charge in [-0.2, -0.15) is 5.26 Å². The van der Waals surface area contributed by atoms with Crippen LogP contribution in [-0.2, 0) is 9.53 Å². The first-order valence-corrected chi connectivity index (χ1v) is 9.37. The Labute approximate surface area is 174 Å². The van der Waals surface area contributed by atoms with Crippen molar-refractivity contribution in [2.45, 2.75) is 13.8 Å². The molecule has 3 rings (SSSR count). The number of carbonyl (C=O) groups excluding carboxylic acids is 2. The van der Waals surface area contributed by atoms with Crippen LogP contribution in [0, 0.1) is 18.3 Å². The number of aryl methyl sites for hydroxylation is 1. The van der Waals surface area contributed by atoms with Crippen molar-refractivity contribution < 1.29 is 18.7 Å². The Morgan fingerprint density at radius 2 is 1.77 bits per heavy atom. The van der Waals surface area contributed by atoms with Crippen LogP contribution in [-0.4, -0.2) is 18.5 Å². The zero-order valence-electron chi connectivity index (χ0n) is 16.6. The predicted octanol–water partition coefficient (Wildman–Crippen LogP) is 4.98. The van der Waals surface area contributed by atoms with Crippen LogP contribution in [0.1, 0.15) is 28.6 Å². The molecule has 0 aliphatic rings. The summed E-state index contributed by atoms with van der Waals surface area (Å²) in [6, 6.07) is 19.4. The molecular weight excluding hydrogens is 380 g/mol. The van der Waals surface area contributed by atoms with Gasteiger partial charge in [-0.25, -0.2) is 4.79 Å². The minimum Gasteiger partial charge on any atom is -0.462 e. The highest BCUT2D eigenvalue weighted by atomic mass is 16.5. The van der Waals surface area contributed by atoms with E-state index in [-0.39, 0.29) is 11.5 Å². The first kappa shape index (κ1) is 20.6. The zero-order valence-corrected chi connectivity index (χ0v) is 16.6. The lowest BCUT2D eigenvalue weighted by molar-refractivity contribution is -0.112. The van der Waals surface area contributed by atoms with Gasteiger partial charge >= 0.3 is 5.97 Å². The number of esters is 1. The first-order chi connectivity index (χ1) is 14.5. The number of nitriles is 1. The van der Waals surface area contributed by atoms with Gasteiger partial charge < -0.3 is 14.5 Å². The number of carbonyl (C=O) groups is 2. The third-order valence-electron chi connectivity index (χ3n) is 4.27. The van der Waals surface area contributed by atoms with Gasteiger partial charge in [0.25, 0.3) is 5.91 Å². The number of furan rings is 1. The maximum atomic E-state index is 12.4. The second-order valence-electron chi connectivity index (χ2n) is 6.49. The van der Waals surface area contributed by atoms with Crippen LogP contribution in [0.2, 0.25) is 0 Å². The van der Waals surface area contributed by atoms with E-state index in [0.29, 0.717) is 29.4 Å². The molecule has 150 valence electrons. The van der Waals surface area contributed by atoms with E-state index in [1.807, 2.05) is 25.1 Å². The third kappa shape index (κ3) is 5.03. The molecule has 0 saturated carbocycles. The molecule has 0 aliphatic carbocycles. The van der Waals surface area contributed by atoms with Crippen LogP contribution in [0.4, 0.5) is 5.69 Å². The Hall–Kier alpha value is -4.11. The van der Waals surface area contributed by atoms with E-state index in [4.69, 9.17) is 9.15 Å². The van der Waals surface area contributed by atoms with Gasteiger partial charge in [0.1, 0.15) is 23.2 Å². The van der Waals surface area contributed by atoms with E-state index in [1.54, 1.807) is 55.5 Å². The molecule has 30 heavy (non-hydrogen) atoms. The van der Waals surface area contributed by atoms with Gasteiger partial charge in [-0.15, -0.1) is 0 Å². The molecule has 2 aromatic carbocycles. The highest BCUT2D eigenvalue weighted by molar-refractivity contribution is 6.09. The van der Waals surface area contributed by atoms with Crippen LogP contribution >= 0.6 is 0 Å². The number of amides is 1. The van der Waals surface area contributed by atoms with Crippen LogP contribution in [0.5, 0.6) is 0 Å². The monoisotopic (exact) mass is 400 g/mol. The Morgan fingerprint density at radius 1 is 1.07 bits per heavy atom. The normalized spacial score (nSPS) is 10.9. The summed E-state index contributed by atoms with van der Waals surface area (Å²) in [5, 5.41) is 12.1. The molecule has 0 saturated heterocycles. The number of anilines is 1. The molecule has 6 nitrogen and oxygen atoms in total. The molecule has 0 fully saturated rings. The molecule has 0 spiro atoms. The van der Waals surface area contributed by atoms with Crippen LogP contribution in [0.3, 0.4) is 0 Å². The van der Waals surface area contributed by atoms with E-state index in [2.05, 4.69) is 5.32 Å². The van der Waals surface area contributed by atoms with Crippen molar-refractivity contribution in [2.24, 2.45) is 0 Å². The Morgan fingerprint density at radius 3 is 2.40 bits per heavy atom.